The first-order valence-electron chi connectivity index (χ1n) is 8.36. The van der Waals surface area contributed by atoms with Gasteiger partial charge in [-0.2, -0.15) is 0 Å². The molecule has 0 fully saturated rings. The minimum absolute atomic E-state index is 0.0245. The lowest BCUT2D eigenvalue weighted by Crippen LogP contribution is -2.13. The molecule has 0 aliphatic carbocycles. The van der Waals surface area contributed by atoms with Gasteiger partial charge in [-0.1, -0.05) is 46.6 Å². The average Bonchev–Trinajstić information content (AvgIpc) is 3.33. The second kappa shape index (κ2) is 8.02. The van der Waals surface area contributed by atoms with Gasteiger partial charge >= 0.3 is 0 Å². The summed E-state index contributed by atoms with van der Waals surface area (Å²) in [6, 6.07) is 12.7. The summed E-state index contributed by atoms with van der Waals surface area (Å²) in [5.41, 5.74) is 1.03. The number of hydrogen-bond acceptors (Lipinski definition) is 5. The van der Waals surface area contributed by atoms with Crippen LogP contribution in [0.15, 0.2) is 59.4 Å². The van der Waals surface area contributed by atoms with Crippen LogP contribution in [0.2, 0.25) is 10.0 Å². The van der Waals surface area contributed by atoms with Crippen molar-refractivity contribution in [3.05, 3.63) is 82.0 Å². The number of carbonyl (C=O) groups excluding carboxylic acids is 1. The Morgan fingerprint density at radius 1 is 1.17 bits per heavy atom. The van der Waals surface area contributed by atoms with E-state index in [0.29, 0.717) is 26.9 Å². The number of nitrogens with zero attached hydrogens (tertiary/aromatic N) is 4. The minimum atomic E-state index is -0.561. The smallest absolute Gasteiger partial charge is 0.280 e. The number of aromatic nitrogens is 4. The first-order valence-corrected chi connectivity index (χ1v) is 9.11. The van der Waals surface area contributed by atoms with Crippen LogP contribution in [-0.2, 0) is 6.54 Å². The summed E-state index contributed by atoms with van der Waals surface area (Å²) in [5.74, 6) is -0.534. The van der Waals surface area contributed by atoms with Crippen molar-refractivity contribution in [1.82, 2.24) is 19.9 Å². The van der Waals surface area contributed by atoms with Crippen LogP contribution in [0, 0.1) is 5.82 Å². The first-order chi connectivity index (χ1) is 14.0. The third kappa shape index (κ3) is 4.28. The lowest BCUT2D eigenvalue weighted by atomic mass is 10.1. The number of hydrogen-bond donors (Lipinski definition) is 1. The number of benzene rings is 2. The summed E-state index contributed by atoms with van der Waals surface area (Å²) in [6.45, 7) is 0.179. The monoisotopic (exact) mass is 431 g/mol. The van der Waals surface area contributed by atoms with Crippen molar-refractivity contribution in [3.63, 3.8) is 0 Å². The van der Waals surface area contributed by atoms with E-state index < -0.39 is 5.91 Å². The lowest BCUT2D eigenvalue weighted by Gasteiger charge is -2.02. The molecule has 0 saturated heterocycles. The molecule has 4 aromatic rings. The van der Waals surface area contributed by atoms with Crippen LogP contribution in [0.1, 0.15) is 16.1 Å². The van der Waals surface area contributed by atoms with Crippen molar-refractivity contribution in [2.45, 2.75) is 6.54 Å². The van der Waals surface area contributed by atoms with E-state index in [1.807, 2.05) is 0 Å². The van der Waals surface area contributed by atoms with E-state index in [1.54, 1.807) is 36.4 Å². The molecule has 7 nitrogen and oxygen atoms in total. The Morgan fingerprint density at radius 3 is 2.79 bits per heavy atom. The van der Waals surface area contributed by atoms with Gasteiger partial charge in [-0.25, -0.2) is 14.1 Å². The van der Waals surface area contributed by atoms with Gasteiger partial charge in [-0.15, -0.1) is 5.10 Å². The van der Waals surface area contributed by atoms with E-state index in [2.05, 4.69) is 20.6 Å². The summed E-state index contributed by atoms with van der Waals surface area (Å²) < 4.78 is 20.4. The van der Waals surface area contributed by atoms with Gasteiger partial charge < -0.3 is 4.52 Å². The Labute approximate surface area is 174 Å². The van der Waals surface area contributed by atoms with E-state index >= 15 is 0 Å². The van der Waals surface area contributed by atoms with E-state index in [9.17, 15) is 9.18 Å². The van der Waals surface area contributed by atoms with Gasteiger partial charge in [0.1, 0.15) is 12.1 Å². The Bertz CT molecular complexity index is 1190. The van der Waals surface area contributed by atoms with Crippen molar-refractivity contribution in [2.24, 2.45) is 0 Å². The number of carbonyl (C=O) groups is 1. The molecule has 0 radical (unpaired) electrons. The summed E-state index contributed by atoms with van der Waals surface area (Å²) >= 11 is 12.0. The molecule has 0 bridgehead atoms. The number of anilines is 1. The molecule has 2 aromatic heterocycles. The summed E-state index contributed by atoms with van der Waals surface area (Å²) in [4.78, 5) is 16.4. The maximum atomic E-state index is 13.7. The second-order valence-electron chi connectivity index (χ2n) is 6.01. The van der Waals surface area contributed by atoms with Crippen LogP contribution < -0.4 is 5.32 Å². The van der Waals surface area contributed by atoms with Gasteiger partial charge in [-0.05, 0) is 24.3 Å². The first kappa shape index (κ1) is 19.1. The second-order valence-corrected chi connectivity index (χ2v) is 6.86. The fraction of sp³-hybridized carbons (Fsp3) is 0.0526. The lowest BCUT2D eigenvalue weighted by molar-refractivity contribution is 0.101. The summed E-state index contributed by atoms with van der Waals surface area (Å²) in [6.07, 6.45) is 1.39. The van der Waals surface area contributed by atoms with Crippen LogP contribution in [0.5, 0.6) is 0 Å². The molecule has 2 aromatic carbocycles. The van der Waals surface area contributed by atoms with Crippen molar-refractivity contribution in [2.75, 3.05) is 5.32 Å². The van der Waals surface area contributed by atoms with E-state index in [-0.39, 0.29) is 24.0 Å². The van der Waals surface area contributed by atoms with Crippen LogP contribution in [0.4, 0.5) is 10.3 Å². The van der Waals surface area contributed by atoms with E-state index in [4.69, 9.17) is 27.7 Å². The van der Waals surface area contributed by atoms with Crippen molar-refractivity contribution >= 4 is 35.1 Å². The molecule has 0 saturated carbocycles. The zero-order chi connectivity index (χ0) is 20.4. The van der Waals surface area contributed by atoms with E-state index in [0.717, 1.165) is 0 Å². The molecule has 0 aliphatic heterocycles. The number of nitrogens with one attached hydrogen (secondary N) is 1. The number of amides is 1. The Balaban J connectivity index is 1.46. The van der Waals surface area contributed by atoms with Gasteiger partial charge in [0.25, 0.3) is 5.91 Å². The molecule has 29 heavy (non-hydrogen) atoms. The van der Waals surface area contributed by atoms with Crippen LogP contribution in [0.25, 0.3) is 11.3 Å². The molecule has 1 N–H and O–H groups in total. The molecular weight excluding hydrogens is 420 g/mol. The predicted octanol–water partition coefficient (Wildman–Crippen LogP) is 4.68. The van der Waals surface area contributed by atoms with E-state index in [1.165, 1.54) is 23.1 Å². The fourth-order valence-corrected chi connectivity index (χ4v) is 3.09. The third-order valence-electron chi connectivity index (χ3n) is 3.99. The fourth-order valence-electron chi connectivity index (χ4n) is 2.59. The Morgan fingerprint density at radius 2 is 2.00 bits per heavy atom. The van der Waals surface area contributed by atoms with Gasteiger partial charge in [-0.3, -0.25) is 10.1 Å². The summed E-state index contributed by atoms with van der Waals surface area (Å²) in [5, 5.41) is 11.2. The standard InChI is InChI=1S/C19H12Cl2FN5O2/c20-12-5-6-13(14(21)7-12)17-8-16(26-29-17)18(28)24-19-23-10-27(25-19)9-11-3-1-2-4-15(11)22/h1-8,10H,9H2,(H,24,25,28). The van der Waals surface area contributed by atoms with Crippen molar-refractivity contribution < 1.29 is 13.7 Å². The maximum absolute atomic E-state index is 13.7. The zero-order valence-corrected chi connectivity index (χ0v) is 16.2. The molecule has 1 amide bonds. The highest BCUT2D eigenvalue weighted by Gasteiger charge is 2.17. The van der Waals surface area contributed by atoms with Crippen LogP contribution in [0.3, 0.4) is 0 Å². The maximum Gasteiger partial charge on any atom is 0.280 e. The highest BCUT2D eigenvalue weighted by atomic mass is 35.5. The van der Waals surface area contributed by atoms with Crippen LogP contribution >= 0.6 is 23.2 Å². The molecule has 0 spiro atoms. The molecule has 0 unspecified atom stereocenters. The number of rotatable bonds is 5. The van der Waals surface area contributed by atoms with Gasteiger partial charge in [0, 0.05) is 22.2 Å². The van der Waals surface area contributed by atoms with Gasteiger partial charge in [0.2, 0.25) is 5.95 Å². The van der Waals surface area contributed by atoms with Crippen molar-refractivity contribution in [1.29, 1.82) is 0 Å². The SMILES string of the molecule is O=C(Nc1ncn(Cc2ccccc2F)n1)c1cc(-c2ccc(Cl)cc2Cl)on1. The highest BCUT2D eigenvalue weighted by molar-refractivity contribution is 6.36. The molecular formula is C19H12Cl2FN5O2. The molecule has 146 valence electrons. The normalized spacial score (nSPS) is 10.9. The molecule has 10 heteroatoms. The Kier molecular flexibility index (Phi) is 5.28. The minimum Gasteiger partial charge on any atom is -0.355 e. The van der Waals surface area contributed by atoms with Gasteiger partial charge in [0.15, 0.2) is 11.5 Å². The topological polar surface area (TPSA) is 85.8 Å². The van der Waals surface area contributed by atoms with Crippen molar-refractivity contribution in [3.8, 4) is 11.3 Å². The Hall–Kier alpha value is -3.23. The largest absolute Gasteiger partial charge is 0.355 e. The molecule has 2 heterocycles. The molecule has 4 rings (SSSR count). The quantitative estimate of drug-likeness (QED) is 0.495. The predicted molar refractivity (Wildman–Crippen MR) is 105 cm³/mol. The summed E-state index contributed by atoms with van der Waals surface area (Å²) in [7, 11) is 0. The van der Waals surface area contributed by atoms with Crippen LogP contribution in [-0.4, -0.2) is 25.8 Å². The zero-order valence-electron chi connectivity index (χ0n) is 14.6. The van der Waals surface area contributed by atoms with Gasteiger partial charge in [0.05, 0.1) is 11.6 Å². The molecule has 0 aliphatic rings. The average molecular weight is 432 g/mol. The third-order valence-corrected chi connectivity index (χ3v) is 4.54. The highest BCUT2D eigenvalue weighted by Crippen LogP contribution is 2.30. The number of halogens is 3. The molecule has 0 atom stereocenters.